The fraction of sp³-hybridized carbons (Fsp3) is 0.667. The summed E-state index contributed by atoms with van der Waals surface area (Å²) in [7, 11) is 0. The lowest BCUT2D eigenvalue weighted by molar-refractivity contribution is -0.00586. The number of hydrogen-bond donors (Lipinski definition) is 4. The Bertz CT molecular complexity index is 513. The Morgan fingerprint density at radius 2 is 2.24 bits per heavy atom. The Morgan fingerprint density at radius 1 is 1.53 bits per heavy atom. The van der Waals surface area contributed by atoms with E-state index in [2.05, 4.69) is 10.1 Å². The van der Waals surface area contributed by atoms with Gasteiger partial charge < -0.3 is 15.3 Å². The first-order valence-electron chi connectivity index (χ1n) is 5.19. The number of H-pyrrole nitrogens is 1. The number of nitrogens with one attached hydrogen (secondary N) is 1. The van der Waals surface area contributed by atoms with Crippen molar-refractivity contribution in [2.24, 2.45) is 5.92 Å². The highest BCUT2D eigenvalue weighted by molar-refractivity contribution is 7.71. The van der Waals surface area contributed by atoms with Gasteiger partial charge in [-0.15, -0.1) is 0 Å². The zero-order valence-corrected chi connectivity index (χ0v) is 9.67. The van der Waals surface area contributed by atoms with E-state index in [-0.39, 0.29) is 11.4 Å². The minimum atomic E-state index is -1.06. The second-order valence-electron chi connectivity index (χ2n) is 4.11. The second kappa shape index (κ2) is 4.65. The maximum atomic E-state index is 11.0. The van der Waals surface area contributed by atoms with Gasteiger partial charge in [0.2, 0.25) is 0 Å². The van der Waals surface area contributed by atoms with Crippen LogP contribution >= 0.6 is 12.2 Å². The van der Waals surface area contributed by atoms with E-state index in [4.69, 9.17) is 17.3 Å². The molecule has 4 atom stereocenters. The van der Waals surface area contributed by atoms with Gasteiger partial charge in [0, 0.05) is 12.5 Å². The zero-order valence-electron chi connectivity index (χ0n) is 8.85. The van der Waals surface area contributed by atoms with Crippen LogP contribution in [-0.2, 0) is 0 Å². The number of nitrogens with zero attached hydrogens (tertiary/aromatic N) is 2. The minimum absolute atomic E-state index is 0.0901. The molecule has 1 saturated carbocycles. The molecule has 0 aliphatic heterocycles. The van der Waals surface area contributed by atoms with Crippen LogP contribution in [0, 0.1) is 10.7 Å². The number of rotatable bonds is 2. The largest absolute Gasteiger partial charge is 0.396 e. The second-order valence-corrected chi connectivity index (χ2v) is 4.50. The Hall–Kier alpha value is -1.09. The van der Waals surface area contributed by atoms with Crippen molar-refractivity contribution in [1.29, 1.82) is 0 Å². The van der Waals surface area contributed by atoms with Crippen molar-refractivity contribution in [3.05, 3.63) is 21.3 Å². The summed E-state index contributed by atoms with van der Waals surface area (Å²) in [5, 5.41) is 32.4. The van der Waals surface area contributed by atoms with Gasteiger partial charge in [-0.25, -0.2) is 4.68 Å². The lowest BCUT2D eigenvalue weighted by atomic mass is 10.1. The lowest BCUT2D eigenvalue weighted by Gasteiger charge is -2.17. The third-order valence-corrected chi connectivity index (χ3v) is 3.35. The molecule has 0 radical (unpaired) electrons. The summed E-state index contributed by atoms with van der Waals surface area (Å²) in [4.78, 5) is 13.4. The topological polar surface area (TPSA) is 111 Å². The van der Waals surface area contributed by atoms with Gasteiger partial charge in [-0.1, -0.05) is 0 Å². The van der Waals surface area contributed by atoms with Crippen LogP contribution in [0.5, 0.6) is 0 Å². The van der Waals surface area contributed by atoms with Crippen molar-refractivity contribution in [1.82, 2.24) is 14.8 Å². The molecule has 2 rings (SSSR count). The van der Waals surface area contributed by atoms with Crippen molar-refractivity contribution in [3.8, 4) is 0 Å². The summed E-state index contributed by atoms with van der Waals surface area (Å²) in [6.45, 7) is -0.217. The van der Waals surface area contributed by atoms with Gasteiger partial charge in [0.25, 0.3) is 5.56 Å². The average molecular weight is 259 g/mol. The van der Waals surface area contributed by atoms with E-state index in [1.54, 1.807) is 0 Å². The molecule has 1 aliphatic carbocycles. The predicted molar refractivity (Wildman–Crippen MR) is 59.9 cm³/mol. The van der Waals surface area contributed by atoms with Crippen molar-refractivity contribution < 1.29 is 15.3 Å². The van der Waals surface area contributed by atoms with Gasteiger partial charge in [0.1, 0.15) is 12.3 Å². The standard InChI is InChI=1S/C9H13N3O4S/c13-3-4-1-5(8(16)7(4)15)12-9(17)11-6(14)2-10-12/h2,4-5,7-8,13,15-16H,1,3H2,(H,11,14,17)/t4-,5?,7-,8+/m1/s1. The van der Waals surface area contributed by atoms with E-state index in [0.717, 1.165) is 6.20 Å². The van der Waals surface area contributed by atoms with Crippen LogP contribution in [-0.4, -0.2) is 48.9 Å². The molecule has 0 aromatic carbocycles. The van der Waals surface area contributed by atoms with Gasteiger partial charge in [-0.2, -0.15) is 5.10 Å². The molecule has 1 fully saturated rings. The number of hydrogen-bond acceptors (Lipinski definition) is 6. The summed E-state index contributed by atoms with van der Waals surface area (Å²) in [5.74, 6) is -0.411. The number of aliphatic hydroxyl groups is 3. The summed E-state index contributed by atoms with van der Waals surface area (Å²) in [6, 6.07) is -0.536. The van der Waals surface area contributed by atoms with E-state index >= 15 is 0 Å². The first-order valence-corrected chi connectivity index (χ1v) is 5.60. The molecule has 17 heavy (non-hydrogen) atoms. The molecule has 7 nitrogen and oxygen atoms in total. The SMILES string of the molecule is O=c1cnn(C2C[C@H](CO)[C@@H](O)[C@H]2O)c(=S)[nH]1. The Morgan fingerprint density at radius 3 is 2.76 bits per heavy atom. The average Bonchev–Trinajstić information content (AvgIpc) is 2.57. The number of aromatic amines is 1. The van der Waals surface area contributed by atoms with Gasteiger partial charge in [0.15, 0.2) is 4.77 Å². The Kier molecular flexibility index (Phi) is 3.38. The van der Waals surface area contributed by atoms with Crippen molar-refractivity contribution in [2.75, 3.05) is 6.61 Å². The Balaban J connectivity index is 2.35. The lowest BCUT2D eigenvalue weighted by Crippen LogP contribution is -2.32. The smallest absolute Gasteiger partial charge is 0.270 e. The molecule has 0 bridgehead atoms. The summed E-state index contributed by atoms with van der Waals surface area (Å²) < 4.78 is 1.38. The highest BCUT2D eigenvalue weighted by Gasteiger charge is 2.42. The van der Waals surface area contributed by atoms with Crippen LogP contribution < -0.4 is 5.56 Å². The fourth-order valence-electron chi connectivity index (χ4n) is 2.12. The van der Waals surface area contributed by atoms with E-state index in [1.807, 2.05) is 0 Å². The molecule has 0 amide bonds. The van der Waals surface area contributed by atoms with Crippen molar-refractivity contribution >= 4 is 12.2 Å². The molecule has 4 N–H and O–H groups in total. The first kappa shape index (κ1) is 12.4. The molecular formula is C9H13N3O4S. The summed E-state index contributed by atoms with van der Waals surface area (Å²) in [5.41, 5.74) is -0.419. The maximum absolute atomic E-state index is 11.0. The first-order chi connectivity index (χ1) is 8.04. The number of aliphatic hydroxyl groups excluding tert-OH is 3. The highest BCUT2D eigenvalue weighted by Crippen LogP contribution is 2.34. The van der Waals surface area contributed by atoms with E-state index in [0.29, 0.717) is 6.42 Å². The van der Waals surface area contributed by atoms with E-state index in [1.165, 1.54) is 4.68 Å². The van der Waals surface area contributed by atoms with Crippen LogP contribution in [0.15, 0.2) is 11.0 Å². The van der Waals surface area contributed by atoms with Gasteiger partial charge >= 0.3 is 0 Å². The molecule has 8 heteroatoms. The monoisotopic (exact) mass is 259 g/mol. The van der Waals surface area contributed by atoms with Gasteiger partial charge in [-0.3, -0.25) is 9.78 Å². The maximum Gasteiger partial charge on any atom is 0.270 e. The van der Waals surface area contributed by atoms with Crippen LogP contribution in [0.2, 0.25) is 0 Å². The molecule has 1 aromatic heterocycles. The zero-order chi connectivity index (χ0) is 12.6. The molecule has 0 spiro atoms. The highest BCUT2D eigenvalue weighted by atomic mass is 32.1. The summed E-state index contributed by atoms with van der Waals surface area (Å²) >= 11 is 4.93. The van der Waals surface area contributed by atoms with Crippen molar-refractivity contribution in [2.45, 2.75) is 24.7 Å². The van der Waals surface area contributed by atoms with Crippen LogP contribution in [0.25, 0.3) is 0 Å². The third-order valence-electron chi connectivity index (χ3n) is 3.06. The Labute approximate surface area is 101 Å². The molecule has 94 valence electrons. The third kappa shape index (κ3) is 2.16. The van der Waals surface area contributed by atoms with Crippen LogP contribution in [0.3, 0.4) is 0 Å². The minimum Gasteiger partial charge on any atom is -0.396 e. The molecule has 1 heterocycles. The van der Waals surface area contributed by atoms with E-state index < -0.39 is 29.7 Å². The molecule has 1 aromatic rings. The van der Waals surface area contributed by atoms with Crippen molar-refractivity contribution in [3.63, 3.8) is 0 Å². The van der Waals surface area contributed by atoms with Gasteiger partial charge in [0.05, 0.1) is 12.1 Å². The molecular weight excluding hydrogens is 246 g/mol. The fourth-order valence-corrected chi connectivity index (χ4v) is 2.40. The normalized spacial score (nSPS) is 32.9. The molecule has 1 aliphatic rings. The molecule has 0 saturated heterocycles. The quantitative estimate of drug-likeness (QED) is 0.485. The molecule has 1 unspecified atom stereocenters. The predicted octanol–water partition coefficient (Wildman–Crippen LogP) is -1.42. The summed E-state index contributed by atoms with van der Waals surface area (Å²) in [6.07, 6.45) is -0.661. The van der Waals surface area contributed by atoms with Crippen LogP contribution in [0.4, 0.5) is 0 Å². The number of aromatic nitrogens is 3. The van der Waals surface area contributed by atoms with E-state index in [9.17, 15) is 15.0 Å². The van der Waals surface area contributed by atoms with Gasteiger partial charge in [-0.05, 0) is 18.6 Å². The van der Waals surface area contributed by atoms with Crippen LogP contribution in [0.1, 0.15) is 12.5 Å².